The molecule has 1 aromatic rings. The largest absolute Gasteiger partial charge is 0.411 e. The molecule has 7 nitrogen and oxygen atoms in total. The lowest BCUT2D eigenvalue weighted by atomic mass is 9.97. The Kier molecular flexibility index (Phi) is 1.69. The number of fused-ring (bicyclic) bond motifs is 1. The molecule has 1 aliphatic carbocycles. The van der Waals surface area contributed by atoms with Crippen molar-refractivity contribution in [2.75, 3.05) is 0 Å². The molecule has 0 aromatic carbocycles. The summed E-state index contributed by atoms with van der Waals surface area (Å²) in [6.07, 6.45) is 0.991. The highest BCUT2D eigenvalue weighted by molar-refractivity contribution is 6.15. The second-order valence-corrected chi connectivity index (χ2v) is 2.61. The van der Waals surface area contributed by atoms with E-state index in [-0.39, 0.29) is 0 Å². The highest BCUT2D eigenvalue weighted by atomic mass is 16.4. The maximum atomic E-state index is 8.62. The fourth-order valence-electron chi connectivity index (χ4n) is 1.30. The number of hydrogen-bond donors (Lipinski definition) is 3. The molecule has 0 amide bonds. The van der Waals surface area contributed by atoms with Crippen LogP contribution in [0.15, 0.2) is 10.3 Å². The molecule has 0 saturated heterocycles. The van der Waals surface area contributed by atoms with Gasteiger partial charge in [-0.15, -0.1) is 0 Å². The third-order valence-corrected chi connectivity index (χ3v) is 1.93. The second-order valence-electron chi connectivity index (χ2n) is 2.61. The van der Waals surface area contributed by atoms with Gasteiger partial charge in [-0.05, 0) is 0 Å². The Hall–Kier alpha value is -1.92. The van der Waals surface area contributed by atoms with Gasteiger partial charge in [0.05, 0.1) is 0 Å². The van der Waals surface area contributed by atoms with Crippen LogP contribution in [0.1, 0.15) is 24.2 Å². The van der Waals surface area contributed by atoms with E-state index in [1.807, 2.05) is 0 Å². The summed E-state index contributed by atoms with van der Waals surface area (Å²) in [5, 5.41) is 33.4. The van der Waals surface area contributed by atoms with Crippen LogP contribution in [0.25, 0.3) is 0 Å². The van der Waals surface area contributed by atoms with E-state index in [1.54, 1.807) is 0 Å². The second kappa shape index (κ2) is 2.85. The molecule has 7 heteroatoms. The lowest BCUT2D eigenvalue weighted by Crippen LogP contribution is -2.18. The van der Waals surface area contributed by atoms with E-state index in [0.717, 1.165) is 0 Å². The van der Waals surface area contributed by atoms with Crippen LogP contribution < -0.4 is 0 Å². The van der Waals surface area contributed by atoms with Gasteiger partial charge in [0.2, 0.25) is 0 Å². The van der Waals surface area contributed by atoms with Gasteiger partial charge in [0.1, 0.15) is 22.8 Å². The molecule has 3 N–H and O–H groups in total. The van der Waals surface area contributed by atoms with Crippen LogP contribution in [0.3, 0.4) is 0 Å². The van der Waals surface area contributed by atoms with Crippen molar-refractivity contribution in [3.63, 3.8) is 0 Å². The Labute approximate surface area is 72.8 Å². The molecule has 0 bridgehead atoms. The molecule has 1 aliphatic rings. The molecule has 2 rings (SSSR count). The number of nitrogens with zero attached hydrogens (tertiary/aromatic N) is 4. The minimum absolute atomic E-state index is 0.446. The van der Waals surface area contributed by atoms with Crippen molar-refractivity contribution in [2.45, 2.75) is 12.8 Å². The molecule has 0 fully saturated rings. The molecular weight excluding hydrogens is 174 g/mol. The Balaban J connectivity index is 2.55. The van der Waals surface area contributed by atoms with E-state index in [0.29, 0.717) is 35.7 Å². The average molecular weight is 181 g/mol. The molecule has 1 heterocycles. The zero-order chi connectivity index (χ0) is 9.26. The van der Waals surface area contributed by atoms with Crippen molar-refractivity contribution in [3.8, 4) is 0 Å². The predicted molar refractivity (Wildman–Crippen MR) is 42.3 cm³/mol. The van der Waals surface area contributed by atoms with Crippen LogP contribution in [-0.4, -0.2) is 37.2 Å². The Bertz CT molecular complexity index is 346. The number of aromatic amines is 1. The normalized spacial score (nSPS) is 22.2. The topological polar surface area (TPSA) is 107 Å². The first kappa shape index (κ1) is 7.71. The van der Waals surface area contributed by atoms with Gasteiger partial charge in [0.15, 0.2) is 0 Å². The van der Waals surface area contributed by atoms with Gasteiger partial charge >= 0.3 is 0 Å². The molecule has 68 valence electrons. The van der Waals surface area contributed by atoms with Gasteiger partial charge in [-0.2, -0.15) is 15.4 Å². The summed E-state index contributed by atoms with van der Waals surface area (Å²) in [5.41, 5.74) is 1.80. The number of nitrogens with one attached hydrogen (secondary N) is 1. The van der Waals surface area contributed by atoms with E-state index in [9.17, 15) is 0 Å². The number of H-pyrrole nitrogens is 1. The van der Waals surface area contributed by atoms with E-state index in [1.165, 1.54) is 0 Å². The predicted octanol–water partition coefficient (Wildman–Crippen LogP) is -0.0449. The van der Waals surface area contributed by atoms with Gasteiger partial charge < -0.3 is 10.4 Å². The van der Waals surface area contributed by atoms with E-state index >= 15 is 0 Å². The van der Waals surface area contributed by atoms with Gasteiger partial charge in [-0.1, -0.05) is 10.3 Å². The first-order valence-electron chi connectivity index (χ1n) is 3.70. The summed E-state index contributed by atoms with van der Waals surface area (Å²) in [4.78, 5) is 0. The number of hydrogen-bond acceptors (Lipinski definition) is 6. The van der Waals surface area contributed by atoms with Crippen molar-refractivity contribution >= 4 is 11.4 Å². The van der Waals surface area contributed by atoms with Crippen LogP contribution in [0, 0.1) is 0 Å². The maximum Gasteiger partial charge on any atom is 0.139 e. The summed E-state index contributed by atoms with van der Waals surface area (Å²) >= 11 is 0. The molecule has 0 aliphatic heterocycles. The van der Waals surface area contributed by atoms with Crippen molar-refractivity contribution in [1.29, 1.82) is 0 Å². The minimum atomic E-state index is 0.446. The molecule has 0 saturated carbocycles. The summed E-state index contributed by atoms with van der Waals surface area (Å²) in [6.45, 7) is 0. The minimum Gasteiger partial charge on any atom is -0.411 e. The SMILES string of the molecule is ON=C1CCC(=NO)c2n[nH]nc21. The van der Waals surface area contributed by atoms with Crippen molar-refractivity contribution in [2.24, 2.45) is 10.3 Å². The van der Waals surface area contributed by atoms with Crippen LogP contribution in [-0.2, 0) is 0 Å². The van der Waals surface area contributed by atoms with Crippen LogP contribution >= 0.6 is 0 Å². The molecule has 0 spiro atoms. The van der Waals surface area contributed by atoms with E-state index in [2.05, 4.69) is 25.7 Å². The highest BCUT2D eigenvalue weighted by Gasteiger charge is 2.25. The standard InChI is InChI=1S/C6H7N5O2/c12-9-3-1-2-4(10-13)6-5(3)7-11-8-6/h12-13H,1-2H2,(H,7,8,11). The Morgan fingerprint density at radius 2 is 1.46 bits per heavy atom. The summed E-state index contributed by atoms with van der Waals surface area (Å²) in [7, 11) is 0. The average Bonchev–Trinajstić information content (AvgIpc) is 2.64. The molecule has 1 aromatic heterocycles. The summed E-state index contributed by atoms with van der Waals surface area (Å²) in [5.74, 6) is 0. The molecule has 13 heavy (non-hydrogen) atoms. The zero-order valence-corrected chi connectivity index (χ0v) is 6.60. The van der Waals surface area contributed by atoms with Crippen molar-refractivity contribution in [1.82, 2.24) is 15.4 Å². The van der Waals surface area contributed by atoms with Gasteiger partial charge in [0.25, 0.3) is 0 Å². The molecular formula is C6H7N5O2. The summed E-state index contributed by atoms with van der Waals surface area (Å²) in [6, 6.07) is 0. The lowest BCUT2D eigenvalue weighted by Gasteiger charge is -2.09. The number of aromatic nitrogens is 3. The summed E-state index contributed by atoms with van der Waals surface area (Å²) < 4.78 is 0. The molecule has 0 unspecified atom stereocenters. The fourth-order valence-corrected chi connectivity index (χ4v) is 1.30. The van der Waals surface area contributed by atoms with Crippen LogP contribution in [0.5, 0.6) is 0 Å². The third-order valence-electron chi connectivity index (χ3n) is 1.93. The Morgan fingerprint density at radius 1 is 1.00 bits per heavy atom. The first-order chi connectivity index (χ1) is 6.36. The molecule has 0 atom stereocenters. The van der Waals surface area contributed by atoms with Crippen LogP contribution in [0.4, 0.5) is 0 Å². The van der Waals surface area contributed by atoms with Crippen molar-refractivity contribution in [3.05, 3.63) is 11.4 Å². The Morgan fingerprint density at radius 3 is 1.85 bits per heavy atom. The monoisotopic (exact) mass is 181 g/mol. The van der Waals surface area contributed by atoms with Gasteiger partial charge in [-0.3, -0.25) is 0 Å². The fraction of sp³-hybridized carbons (Fsp3) is 0.333. The van der Waals surface area contributed by atoms with E-state index < -0.39 is 0 Å². The zero-order valence-electron chi connectivity index (χ0n) is 6.60. The number of oxime groups is 2. The lowest BCUT2D eigenvalue weighted by molar-refractivity contribution is 0.315. The molecule has 0 radical (unpaired) electrons. The smallest absolute Gasteiger partial charge is 0.139 e. The van der Waals surface area contributed by atoms with E-state index in [4.69, 9.17) is 10.4 Å². The highest BCUT2D eigenvalue weighted by Crippen LogP contribution is 2.17. The number of rotatable bonds is 0. The third kappa shape index (κ3) is 1.05. The maximum absolute atomic E-state index is 8.62. The van der Waals surface area contributed by atoms with Crippen LogP contribution in [0.2, 0.25) is 0 Å². The van der Waals surface area contributed by atoms with Crippen molar-refractivity contribution < 1.29 is 10.4 Å². The van der Waals surface area contributed by atoms with Gasteiger partial charge in [-0.25, -0.2) is 0 Å². The first-order valence-corrected chi connectivity index (χ1v) is 3.70. The quantitative estimate of drug-likeness (QED) is 0.385. The van der Waals surface area contributed by atoms with Gasteiger partial charge in [0, 0.05) is 12.8 Å².